The van der Waals surface area contributed by atoms with Gasteiger partial charge in [0, 0.05) is 11.8 Å². The van der Waals surface area contributed by atoms with Crippen LogP contribution in [-0.4, -0.2) is 16.0 Å². The minimum Gasteiger partial charge on any atom is -0.508 e. The Balaban J connectivity index is 0.000000144. The standard InChI is InChI=1S/C20H22O.C18H18O2.C3H6/c1-3-14-5-9-19-18-7-4-13-12-15(21)6-8-16(13)17(18)10-11-20(14,19)2;1-18-9-8-14-13-5-3-12(19)10-11(13)2-4-15(14)16(18)6-7-17(18)20;1-3-2/h3-4,6-8,12,19,21H,5,9-11H2,1-2H3;2-5,10,16,19H,6-9H2,1H3;3H,1H2,2H3/b14-3-;;. The van der Waals surface area contributed by atoms with Crippen LogP contribution >= 0.6 is 0 Å². The largest absolute Gasteiger partial charge is 0.508 e. The highest BCUT2D eigenvalue weighted by molar-refractivity contribution is 5.92. The van der Waals surface area contributed by atoms with Gasteiger partial charge in [0.25, 0.3) is 0 Å². The van der Waals surface area contributed by atoms with Crippen molar-refractivity contribution in [3.8, 4) is 11.5 Å². The maximum atomic E-state index is 12.2. The molecule has 0 radical (unpaired) electrons. The van der Waals surface area contributed by atoms with Crippen LogP contribution in [0.25, 0.3) is 21.5 Å². The predicted molar refractivity (Wildman–Crippen MR) is 183 cm³/mol. The number of carbonyl (C=O) groups excluding carboxylic acids is 1. The summed E-state index contributed by atoms with van der Waals surface area (Å²) in [6.45, 7) is 12.1. The third-order valence-electron chi connectivity index (χ3n) is 11.5. The number of allylic oxidation sites excluding steroid dienone is 3. The number of benzene rings is 4. The number of Topliss-reactive ketones (excluding diaryl/α,β-unsaturated/α-hetero) is 1. The quantitative estimate of drug-likeness (QED) is 0.202. The van der Waals surface area contributed by atoms with Gasteiger partial charge in [0.1, 0.15) is 17.3 Å². The average molecular weight is 587 g/mol. The molecule has 3 heteroatoms. The fourth-order valence-corrected chi connectivity index (χ4v) is 9.10. The Morgan fingerprint density at radius 3 is 1.70 bits per heavy atom. The lowest BCUT2D eigenvalue weighted by Gasteiger charge is -2.39. The van der Waals surface area contributed by atoms with Gasteiger partial charge in [-0.2, -0.15) is 0 Å². The number of aryl methyl sites for hydroxylation is 2. The van der Waals surface area contributed by atoms with Crippen LogP contribution in [0.15, 0.2) is 85.0 Å². The summed E-state index contributed by atoms with van der Waals surface area (Å²) in [7, 11) is 0. The Morgan fingerprint density at radius 1 is 0.705 bits per heavy atom. The second-order valence-corrected chi connectivity index (χ2v) is 13.7. The number of ketones is 1. The van der Waals surface area contributed by atoms with Crippen LogP contribution in [0, 0.1) is 10.8 Å². The number of hydrogen-bond acceptors (Lipinski definition) is 3. The normalized spacial score (nSPS) is 27.4. The summed E-state index contributed by atoms with van der Waals surface area (Å²) in [5, 5.41) is 24.1. The van der Waals surface area contributed by atoms with Gasteiger partial charge >= 0.3 is 0 Å². The van der Waals surface area contributed by atoms with Crippen LogP contribution in [0.2, 0.25) is 0 Å². The molecule has 0 amide bonds. The molecule has 3 nitrogen and oxygen atoms in total. The SMILES string of the molecule is C/C=C1/CCC2c3ccc4cc(O)ccc4c3CCC12C.C=CC.CC12CCc3c(ccc4cc(O)ccc34)C1CCC2=O. The van der Waals surface area contributed by atoms with Crippen molar-refractivity contribution < 1.29 is 15.0 Å². The first kappa shape index (κ1) is 30.2. The number of aromatic hydroxyl groups is 2. The van der Waals surface area contributed by atoms with E-state index < -0.39 is 0 Å². The van der Waals surface area contributed by atoms with E-state index in [4.69, 9.17) is 0 Å². The molecule has 0 aromatic heterocycles. The summed E-state index contributed by atoms with van der Waals surface area (Å²) in [6, 6.07) is 20.2. The summed E-state index contributed by atoms with van der Waals surface area (Å²) in [5.41, 5.74) is 7.71. The van der Waals surface area contributed by atoms with Crippen molar-refractivity contribution in [2.45, 2.75) is 90.9 Å². The Morgan fingerprint density at radius 2 is 1.18 bits per heavy atom. The van der Waals surface area contributed by atoms with Crippen LogP contribution in [-0.2, 0) is 17.6 Å². The Hall–Kier alpha value is -3.85. The molecule has 2 fully saturated rings. The first-order chi connectivity index (χ1) is 21.1. The maximum absolute atomic E-state index is 12.2. The minimum absolute atomic E-state index is 0.141. The van der Waals surface area contributed by atoms with E-state index in [0.717, 1.165) is 37.5 Å². The van der Waals surface area contributed by atoms with Crippen LogP contribution in [0.4, 0.5) is 0 Å². The van der Waals surface area contributed by atoms with Gasteiger partial charge in [-0.3, -0.25) is 4.79 Å². The number of carbonyl (C=O) groups is 1. The van der Waals surface area contributed by atoms with E-state index >= 15 is 0 Å². The van der Waals surface area contributed by atoms with E-state index in [-0.39, 0.29) is 5.41 Å². The lowest BCUT2D eigenvalue weighted by molar-refractivity contribution is -0.126. The zero-order valence-corrected chi connectivity index (χ0v) is 26.7. The van der Waals surface area contributed by atoms with Crippen molar-refractivity contribution in [2.75, 3.05) is 0 Å². The lowest BCUT2D eigenvalue weighted by atomic mass is 9.65. The van der Waals surface area contributed by atoms with Gasteiger partial charge in [0.15, 0.2) is 0 Å². The van der Waals surface area contributed by atoms with Gasteiger partial charge in [0.05, 0.1) is 0 Å². The lowest BCUT2D eigenvalue weighted by Crippen LogP contribution is -2.32. The summed E-state index contributed by atoms with van der Waals surface area (Å²) < 4.78 is 0. The van der Waals surface area contributed by atoms with Crippen molar-refractivity contribution >= 4 is 27.3 Å². The number of rotatable bonds is 0. The topological polar surface area (TPSA) is 57.5 Å². The van der Waals surface area contributed by atoms with Gasteiger partial charge in [-0.25, -0.2) is 0 Å². The monoisotopic (exact) mass is 586 g/mol. The molecule has 4 aliphatic rings. The summed E-state index contributed by atoms with van der Waals surface area (Å²) in [5.74, 6) is 2.18. The third-order valence-corrected chi connectivity index (χ3v) is 11.5. The van der Waals surface area contributed by atoms with Gasteiger partial charge in [-0.15, -0.1) is 6.58 Å². The summed E-state index contributed by atoms with van der Waals surface area (Å²) >= 11 is 0. The Kier molecular flexibility index (Phi) is 7.94. The van der Waals surface area contributed by atoms with Crippen LogP contribution in [0.1, 0.15) is 100 Å². The first-order valence-electron chi connectivity index (χ1n) is 16.4. The number of hydrogen-bond donors (Lipinski definition) is 2. The molecule has 2 N–H and O–H groups in total. The highest BCUT2D eigenvalue weighted by Crippen LogP contribution is 2.59. The second-order valence-electron chi connectivity index (χ2n) is 13.7. The molecule has 4 unspecified atom stereocenters. The smallest absolute Gasteiger partial charge is 0.139 e. The van der Waals surface area contributed by atoms with Crippen LogP contribution < -0.4 is 0 Å². The van der Waals surface area contributed by atoms with Gasteiger partial charge in [0.2, 0.25) is 0 Å². The van der Waals surface area contributed by atoms with E-state index in [1.807, 2.05) is 31.2 Å². The summed E-state index contributed by atoms with van der Waals surface area (Å²) in [6.07, 6.45) is 12.7. The van der Waals surface area contributed by atoms with Crippen molar-refractivity contribution in [1.82, 2.24) is 0 Å². The fourth-order valence-electron chi connectivity index (χ4n) is 9.10. The van der Waals surface area contributed by atoms with Gasteiger partial charge in [-0.05, 0) is 144 Å². The highest BCUT2D eigenvalue weighted by Gasteiger charge is 2.49. The van der Waals surface area contributed by atoms with Gasteiger partial charge in [-0.1, -0.05) is 68.0 Å². The molecule has 0 spiro atoms. The van der Waals surface area contributed by atoms with E-state index in [0.29, 0.717) is 34.5 Å². The zero-order chi connectivity index (χ0) is 31.2. The molecule has 0 saturated heterocycles. The van der Waals surface area contributed by atoms with Crippen molar-refractivity contribution in [1.29, 1.82) is 0 Å². The van der Waals surface area contributed by atoms with Crippen molar-refractivity contribution in [3.05, 3.63) is 107 Å². The molecular weight excluding hydrogens is 540 g/mol. The maximum Gasteiger partial charge on any atom is 0.139 e. The van der Waals surface area contributed by atoms with E-state index in [9.17, 15) is 15.0 Å². The van der Waals surface area contributed by atoms with Gasteiger partial charge < -0.3 is 10.2 Å². The third kappa shape index (κ3) is 4.85. The molecule has 44 heavy (non-hydrogen) atoms. The zero-order valence-electron chi connectivity index (χ0n) is 26.7. The Bertz CT molecular complexity index is 1800. The molecule has 4 aromatic carbocycles. The molecule has 4 aromatic rings. The fraction of sp³-hybridized carbons (Fsp3) is 0.390. The molecule has 4 aliphatic carbocycles. The van der Waals surface area contributed by atoms with Crippen molar-refractivity contribution in [2.24, 2.45) is 10.8 Å². The average Bonchev–Trinajstić information content (AvgIpc) is 3.52. The molecule has 4 atom stereocenters. The minimum atomic E-state index is -0.141. The Labute approximate surface area is 262 Å². The first-order valence-corrected chi connectivity index (χ1v) is 16.4. The van der Waals surface area contributed by atoms with Crippen molar-refractivity contribution in [3.63, 3.8) is 0 Å². The molecule has 0 aliphatic heterocycles. The highest BCUT2D eigenvalue weighted by atomic mass is 16.3. The molecule has 2 saturated carbocycles. The number of phenolic OH excluding ortho intramolecular Hbond substituents is 2. The molecule has 228 valence electrons. The van der Waals surface area contributed by atoms with E-state index in [1.54, 1.807) is 23.3 Å². The summed E-state index contributed by atoms with van der Waals surface area (Å²) in [4.78, 5) is 12.2. The number of phenols is 2. The second kappa shape index (κ2) is 11.6. The molecule has 0 heterocycles. The number of fused-ring (bicyclic) bond motifs is 10. The van der Waals surface area contributed by atoms with Crippen LogP contribution in [0.5, 0.6) is 11.5 Å². The molecule has 0 bridgehead atoms. The van der Waals surface area contributed by atoms with E-state index in [2.05, 4.69) is 63.8 Å². The molecule has 8 rings (SSSR count). The predicted octanol–water partition coefficient (Wildman–Crippen LogP) is 10.5. The van der Waals surface area contributed by atoms with E-state index in [1.165, 1.54) is 52.1 Å². The molecular formula is C41H46O3. The van der Waals surface area contributed by atoms with Crippen LogP contribution in [0.3, 0.4) is 0 Å².